The number of anilines is 1. The Morgan fingerprint density at radius 1 is 1.18 bits per heavy atom. The van der Waals surface area contributed by atoms with Crippen LogP contribution in [0.15, 0.2) is 42.6 Å². The van der Waals surface area contributed by atoms with E-state index >= 15 is 0 Å². The van der Waals surface area contributed by atoms with E-state index in [1.807, 2.05) is 36.5 Å². The summed E-state index contributed by atoms with van der Waals surface area (Å²) in [5.41, 5.74) is 7.94. The fourth-order valence-corrected chi connectivity index (χ4v) is 1.88. The van der Waals surface area contributed by atoms with Gasteiger partial charge in [-0.3, -0.25) is 0 Å². The number of nitrogens with zero attached hydrogens (tertiary/aromatic N) is 3. The topological polar surface area (TPSA) is 56.2 Å². The lowest BCUT2D eigenvalue weighted by Gasteiger charge is -1.95. The standard InChI is InChI=1S/C12H9ClN4/c13-10-5-2-6-17-12(10)15-11(16-17)8-3-1-4-9(14)7-8/h1-7H,14H2. The number of pyridine rings is 1. The van der Waals surface area contributed by atoms with Gasteiger partial charge in [0.25, 0.3) is 0 Å². The maximum absolute atomic E-state index is 6.04. The van der Waals surface area contributed by atoms with Crippen LogP contribution in [0.2, 0.25) is 5.02 Å². The van der Waals surface area contributed by atoms with Crippen molar-refractivity contribution >= 4 is 22.9 Å². The molecule has 0 amide bonds. The first-order valence-electron chi connectivity index (χ1n) is 5.11. The SMILES string of the molecule is Nc1cccc(-c2nc3c(Cl)cccn3n2)c1. The average molecular weight is 245 g/mol. The van der Waals surface area contributed by atoms with E-state index in [4.69, 9.17) is 17.3 Å². The third-order valence-corrected chi connectivity index (χ3v) is 2.75. The molecule has 0 aliphatic carbocycles. The summed E-state index contributed by atoms with van der Waals surface area (Å²) >= 11 is 6.04. The number of nitrogen functional groups attached to an aromatic ring is 1. The van der Waals surface area contributed by atoms with Crippen LogP contribution < -0.4 is 5.73 Å². The molecule has 0 saturated heterocycles. The first-order chi connectivity index (χ1) is 8.24. The minimum Gasteiger partial charge on any atom is -0.399 e. The second-order valence-electron chi connectivity index (χ2n) is 3.69. The second-order valence-corrected chi connectivity index (χ2v) is 4.09. The Labute approximate surface area is 103 Å². The van der Waals surface area contributed by atoms with Gasteiger partial charge in [0.1, 0.15) is 0 Å². The molecule has 0 spiro atoms. The minimum absolute atomic E-state index is 0.579. The lowest BCUT2D eigenvalue weighted by molar-refractivity contribution is 0.966. The molecule has 0 aliphatic rings. The van der Waals surface area contributed by atoms with Crippen molar-refractivity contribution < 1.29 is 0 Å². The Balaban J connectivity index is 2.22. The van der Waals surface area contributed by atoms with Gasteiger partial charge in [-0.25, -0.2) is 9.50 Å². The van der Waals surface area contributed by atoms with Crippen LogP contribution in [0.4, 0.5) is 5.69 Å². The molecule has 0 unspecified atom stereocenters. The van der Waals surface area contributed by atoms with Crippen molar-refractivity contribution in [3.63, 3.8) is 0 Å². The number of hydrogen-bond acceptors (Lipinski definition) is 3. The molecule has 84 valence electrons. The van der Waals surface area contributed by atoms with Crippen molar-refractivity contribution in [3.8, 4) is 11.4 Å². The van der Waals surface area contributed by atoms with Gasteiger partial charge < -0.3 is 5.73 Å². The summed E-state index contributed by atoms with van der Waals surface area (Å²) in [6, 6.07) is 11.1. The molecular formula is C12H9ClN4. The zero-order chi connectivity index (χ0) is 11.8. The Morgan fingerprint density at radius 3 is 2.82 bits per heavy atom. The average Bonchev–Trinajstić information content (AvgIpc) is 2.74. The third-order valence-electron chi connectivity index (χ3n) is 2.46. The summed E-state index contributed by atoms with van der Waals surface area (Å²) < 4.78 is 1.65. The summed E-state index contributed by atoms with van der Waals surface area (Å²) in [7, 11) is 0. The van der Waals surface area contributed by atoms with Crippen molar-refractivity contribution in [1.82, 2.24) is 14.6 Å². The van der Waals surface area contributed by atoms with Crippen LogP contribution >= 0.6 is 11.6 Å². The van der Waals surface area contributed by atoms with Gasteiger partial charge in [-0.05, 0) is 24.3 Å². The molecule has 0 atom stereocenters. The van der Waals surface area contributed by atoms with E-state index in [0.29, 0.717) is 22.2 Å². The maximum atomic E-state index is 6.04. The molecule has 0 aliphatic heterocycles. The molecule has 2 heterocycles. The highest BCUT2D eigenvalue weighted by atomic mass is 35.5. The molecule has 3 rings (SSSR count). The molecule has 5 heteroatoms. The monoisotopic (exact) mass is 244 g/mol. The van der Waals surface area contributed by atoms with Gasteiger partial charge >= 0.3 is 0 Å². The maximum Gasteiger partial charge on any atom is 0.182 e. The van der Waals surface area contributed by atoms with Crippen LogP contribution in [-0.4, -0.2) is 14.6 Å². The molecular weight excluding hydrogens is 236 g/mol. The van der Waals surface area contributed by atoms with E-state index < -0.39 is 0 Å². The van der Waals surface area contributed by atoms with Crippen LogP contribution in [0.25, 0.3) is 17.0 Å². The Hall–Kier alpha value is -2.07. The predicted octanol–water partition coefficient (Wildman–Crippen LogP) is 2.63. The summed E-state index contributed by atoms with van der Waals surface area (Å²) in [5.74, 6) is 0.616. The van der Waals surface area contributed by atoms with Crippen LogP contribution in [0.3, 0.4) is 0 Å². The minimum atomic E-state index is 0.579. The molecule has 0 bridgehead atoms. The van der Waals surface area contributed by atoms with Crippen molar-refractivity contribution in [3.05, 3.63) is 47.6 Å². The first kappa shape index (κ1) is 10.1. The largest absolute Gasteiger partial charge is 0.399 e. The number of fused-ring (bicyclic) bond motifs is 1. The molecule has 0 radical (unpaired) electrons. The van der Waals surface area contributed by atoms with Gasteiger partial charge in [0.05, 0.1) is 5.02 Å². The van der Waals surface area contributed by atoms with E-state index in [1.165, 1.54) is 0 Å². The number of hydrogen-bond donors (Lipinski definition) is 1. The Kier molecular flexibility index (Phi) is 2.23. The normalized spacial score (nSPS) is 10.9. The van der Waals surface area contributed by atoms with Crippen LogP contribution in [0, 0.1) is 0 Å². The lowest BCUT2D eigenvalue weighted by atomic mass is 10.2. The quantitative estimate of drug-likeness (QED) is 0.670. The number of rotatable bonds is 1. The first-order valence-corrected chi connectivity index (χ1v) is 5.48. The lowest BCUT2D eigenvalue weighted by Crippen LogP contribution is -1.87. The van der Waals surface area contributed by atoms with Gasteiger partial charge in [-0.1, -0.05) is 23.7 Å². The van der Waals surface area contributed by atoms with Gasteiger partial charge in [-0.15, -0.1) is 5.10 Å². The van der Waals surface area contributed by atoms with Crippen LogP contribution in [0.5, 0.6) is 0 Å². The molecule has 0 saturated carbocycles. The fourth-order valence-electron chi connectivity index (χ4n) is 1.67. The number of benzene rings is 1. The highest BCUT2D eigenvalue weighted by Crippen LogP contribution is 2.21. The zero-order valence-electron chi connectivity index (χ0n) is 8.84. The number of nitrogens with two attached hydrogens (primary N) is 1. The second kappa shape index (κ2) is 3.75. The molecule has 17 heavy (non-hydrogen) atoms. The van der Waals surface area contributed by atoms with Crippen molar-refractivity contribution in [2.45, 2.75) is 0 Å². The van der Waals surface area contributed by atoms with Gasteiger partial charge in [-0.2, -0.15) is 0 Å². The predicted molar refractivity (Wildman–Crippen MR) is 67.8 cm³/mol. The third kappa shape index (κ3) is 1.72. The Morgan fingerprint density at radius 2 is 2.06 bits per heavy atom. The van der Waals surface area contributed by atoms with E-state index in [9.17, 15) is 0 Å². The van der Waals surface area contributed by atoms with Crippen molar-refractivity contribution in [2.75, 3.05) is 5.73 Å². The molecule has 4 nitrogen and oxygen atoms in total. The fraction of sp³-hybridized carbons (Fsp3) is 0. The van der Waals surface area contributed by atoms with Gasteiger partial charge in [0, 0.05) is 17.4 Å². The molecule has 2 N–H and O–H groups in total. The van der Waals surface area contributed by atoms with E-state index in [0.717, 1.165) is 5.56 Å². The van der Waals surface area contributed by atoms with Crippen LogP contribution in [-0.2, 0) is 0 Å². The van der Waals surface area contributed by atoms with E-state index in [2.05, 4.69) is 10.1 Å². The molecule has 2 aromatic heterocycles. The summed E-state index contributed by atoms with van der Waals surface area (Å²) in [6.45, 7) is 0. The van der Waals surface area contributed by atoms with E-state index in [1.54, 1.807) is 10.6 Å². The zero-order valence-corrected chi connectivity index (χ0v) is 9.59. The summed E-state index contributed by atoms with van der Waals surface area (Å²) in [6.07, 6.45) is 1.81. The van der Waals surface area contributed by atoms with E-state index in [-0.39, 0.29) is 0 Å². The van der Waals surface area contributed by atoms with Gasteiger partial charge in [0.2, 0.25) is 0 Å². The van der Waals surface area contributed by atoms with Gasteiger partial charge in [0.15, 0.2) is 11.5 Å². The number of halogens is 1. The highest BCUT2D eigenvalue weighted by Gasteiger charge is 2.08. The molecule has 1 aromatic carbocycles. The molecule has 0 fully saturated rings. The van der Waals surface area contributed by atoms with Crippen molar-refractivity contribution in [2.24, 2.45) is 0 Å². The summed E-state index contributed by atoms with van der Waals surface area (Å²) in [5, 5.41) is 4.93. The highest BCUT2D eigenvalue weighted by molar-refractivity contribution is 6.33. The summed E-state index contributed by atoms with van der Waals surface area (Å²) in [4.78, 5) is 4.39. The Bertz CT molecular complexity index is 690. The van der Waals surface area contributed by atoms with Crippen molar-refractivity contribution in [1.29, 1.82) is 0 Å². The smallest absolute Gasteiger partial charge is 0.182 e. The molecule has 3 aromatic rings. The number of aromatic nitrogens is 3. The van der Waals surface area contributed by atoms with Crippen LogP contribution in [0.1, 0.15) is 0 Å².